The van der Waals surface area contributed by atoms with Gasteiger partial charge in [-0.3, -0.25) is 14.9 Å². The van der Waals surface area contributed by atoms with Gasteiger partial charge in [0.1, 0.15) is 4.92 Å². The molecular formula is C13H10ClN3O4. The molecule has 1 N–H and O–H groups in total. The van der Waals surface area contributed by atoms with E-state index in [4.69, 9.17) is 16.0 Å². The predicted molar refractivity (Wildman–Crippen MR) is 76.3 cm³/mol. The second-order valence-corrected chi connectivity index (χ2v) is 4.47. The Balaban J connectivity index is 1.86. The van der Waals surface area contributed by atoms with E-state index in [2.05, 4.69) is 10.5 Å². The van der Waals surface area contributed by atoms with Crippen LogP contribution in [-0.4, -0.2) is 17.0 Å². The molecule has 8 heteroatoms. The molecule has 2 aromatic rings. The summed E-state index contributed by atoms with van der Waals surface area (Å²) in [5.41, 5.74) is 3.09. The number of nitrogens with one attached hydrogen (secondary N) is 1. The number of amides is 1. The molecule has 0 fully saturated rings. The molecule has 7 nitrogen and oxygen atoms in total. The van der Waals surface area contributed by atoms with Crippen LogP contribution in [0.2, 0.25) is 5.02 Å². The lowest BCUT2D eigenvalue weighted by molar-refractivity contribution is -0.402. The average Bonchev–Trinajstić information content (AvgIpc) is 2.90. The quantitative estimate of drug-likeness (QED) is 0.521. The Morgan fingerprint density at radius 1 is 1.33 bits per heavy atom. The fourth-order valence-corrected chi connectivity index (χ4v) is 1.63. The average molecular weight is 308 g/mol. The van der Waals surface area contributed by atoms with Gasteiger partial charge in [-0.1, -0.05) is 23.7 Å². The van der Waals surface area contributed by atoms with Crippen molar-refractivity contribution >= 4 is 29.6 Å². The highest BCUT2D eigenvalue weighted by Crippen LogP contribution is 2.13. The van der Waals surface area contributed by atoms with E-state index in [9.17, 15) is 14.9 Å². The topological polar surface area (TPSA) is 97.7 Å². The van der Waals surface area contributed by atoms with Gasteiger partial charge in [0, 0.05) is 5.02 Å². The Morgan fingerprint density at radius 2 is 2.05 bits per heavy atom. The minimum absolute atomic E-state index is 0.146. The zero-order valence-corrected chi connectivity index (χ0v) is 11.4. The molecule has 0 aliphatic carbocycles. The minimum Gasteiger partial charge on any atom is -0.400 e. The van der Waals surface area contributed by atoms with Crippen LogP contribution in [-0.2, 0) is 11.2 Å². The SMILES string of the molecule is O=C(Cc1ccc(Cl)cc1)N/N=C\c1ccc([N+](=O)[O-])o1. The van der Waals surface area contributed by atoms with E-state index in [0.29, 0.717) is 5.02 Å². The molecule has 21 heavy (non-hydrogen) atoms. The lowest BCUT2D eigenvalue weighted by Crippen LogP contribution is -2.19. The third-order valence-corrected chi connectivity index (χ3v) is 2.70. The first-order chi connectivity index (χ1) is 10.0. The number of hydrogen-bond acceptors (Lipinski definition) is 5. The third kappa shape index (κ3) is 4.43. The van der Waals surface area contributed by atoms with Crippen LogP contribution in [0, 0.1) is 10.1 Å². The smallest absolute Gasteiger partial charge is 0.400 e. The molecule has 0 saturated heterocycles. The fourth-order valence-electron chi connectivity index (χ4n) is 1.50. The fraction of sp³-hybridized carbons (Fsp3) is 0.0769. The summed E-state index contributed by atoms with van der Waals surface area (Å²) in [6, 6.07) is 9.44. The van der Waals surface area contributed by atoms with Crippen LogP contribution in [0.3, 0.4) is 0 Å². The molecule has 108 valence electrons. The molecule has 0 radical (unpaired) electrons. The predicted octanol–water partition coefficient (Wildman–Crippen LogP) is 2.53. The van der Waals surface area contributed by atoms with Crippen molar-refractivity contribution in [3.05, 3.63) is 62.9 Å². The maximum absolute atomic E-state index is 11.6. The second kappa shape index (κ2) is 6.67. The van der Waals surface area contributed by atoms with Crippen molar-refractivity contribution < 1.29 is 14.1 Å². The zero-order chi connectivity index (χ0) is 15.2. The second-order valence-electron chi connectivity index (χ2n) is 4.03. The molecule has 0 unspecified atom stereocenters. The molecule has 0 aliphatic rings. The van der Waals surface area contributed by atoms with Gasteiger partial charge in [0.05, 0.1) is 18.7 Å². The van der Waals surface area contributed by atoms with E-state index < -0.39 is 4.92 Å². The Labute approximate surface area is 124 Å². The van der Waals surface area contributed by atoms with Gasteiger partial charge in [-0.2, -0.15) is 5.10 Å². The van der Waals surface area contributed by atoms with Gasteiger partial charge >= 0.3 is 5.88 Å². The van der Waals surface area contributed by atoms with Gasteiger partial charge < -0.3 is 4.42 Å². The minimum atomic E-state index is -0.656. The van der Waals surface area contributed by atoms with E-state index in [0.717, 1.165) is 5.56 Å². The first-order valence-electron chi connectivity index (χ1n) is 5.85. The lowest BCUT2D eigenvalue weighted by atomic mass is 10.1. The first-order valence-corrected chi connectivity index (χ1v) is 6.23. The van der Waals surface area contributed by atoms with Crippen molar-refractivity contribution in [3.8, 4) is 0 Å². The summed E-state index contributed by atoms with van der Waals surface area (Å²) in [5, 5.41) is 14.7. The number of hydrazone groups is 1. The normalized spacial score (nSPS) is 10.7. The summed E-state index contributed by atoms with van der Waals surface area (Å²) < 4.78 is 4.84. The molecule has 0 aliphatic heterocycles. The molecule has 1 aromatic carbocycles. The highest BCUT2D eigenvalue weighted by Gasteiger charge is 2.10. The van der Waals surface area contributed by atoms with Crippen molar-refractivity contribution in [2.45, 2.75) is 6.42 Å². The maximum Gasteiger partial charge on any atom is 0.433 e. The van der Waals surface area contributed by atoms with E-state index in [-0.39, 0.29) is 24.0 Å². The Bertz CT molecular complexity index is 679. The van der Waals surface area contributed by atoms with Crippen LogP contribution in [0.15, 0.2) is 45.9 Å². The van der Waals surface area contributed by atoms with Crippen LogP contribution in [0.1, 0.15) is 11.3 Å². The number of carbonyl (C=O) groups excluding carboxylic acids is 1. The van der Waals surface area contributed by atoms with E-state index in [1.54, 1.807) is 24.3 Å². The number of rotatable bonds is 5. The zero-order valence-electron chi connectivity index (χ0n) is 10.7. The standard InChI is InChI=1S/C13H10ClN3O4/c14-10-3-1-9(2-4-10)7-12(18)16-15-8-11-5-6-13(21-11)17(19)20/h1-6,8H,7H2,(H,16,18)/b15-8-. The van der Waals surface area contributed by atoms with Gasteiger partial charge in [-0.15, -0.1) is 0 Å². The molecule has 1 amide bonds. The van der Waals surface area contributed by atoms with E-state index >= 15 is 0 Å². The number of nitro groups is 1. The van der Waals surface area contributed by atoms with Crippen LogP contribution < -0.4 is 5.43 Å². The summed E-state index contributed by atoms with van der Waals surface area (Å²) in [6.45, 7) is 0. The highest BCUT2D eigenvalue weighted by molar-refractivity contribution is 6.30. The number of hydrogen-bond donors (Lipinski definition) is 1. The Morgan fingerprint density at radius 3 is 2.67 bits per heavy atom. The molecular weight excluding hydrogens is 298 g/mol. The summed E-state index contributed by atoms with van der Waals surface area (Å²) in [5.74, 6) is -0.535. The molecule has 0 spiro atoms. The number of nitrogens with zero attached hydrogens (tertiary/aromatic N) is 2. The van der Waals surface area contributed by atoms with Crippen LogP contribution in [0.5, 0.6) is 0 Å². The van der Waals surface area contributed by atoms with Crippen molar-refractivity contribution in [2.75, 3.05) is 0 Å². The number of benzene rings is 1. The monoisotopic (exact) mass is 307 g/mol. The van der Waals surface area contributed by atoms with Crippen molar-refractivity contribution in [3.63, 3.8) is 0 Å². The maximum atomic E-state index is 11.6. The summed E-state index contributed by atoms with van der Waals surface area (Å²) >= 11 is 5.74. The summed E-state index contributed by atoms with van der Waals surface area (Å²) in [6.07, 6.45) is 1.33. The molecule has 0 bridgehead atoms. The molecule has 0 atom stereocenters. The highest BCUT2D eigenvalue weighted by atomic mass is 35.5. The summed E-state index contributed by atoms with van der Waals surface area (Å²) in [4.78, 5) is 21.4. The largest absolute Gasteiger partial charge is 0.433 e. The number of halogens is 1. The van der Waals surface area contributed by atoms with Crippen LogP contribution >= 0.6 is 11.6 Å². The van der Waals surface area contributed by atoms with Gasteiger partial charge in [0.25, 0.3) is 0 Å². The number of carbonyl (C=O) groups is 1. The molecule has 1 heterocycles. The Hall–Kier alpha value is -2.67. The third-order valence-electron chi connectivity index (χ3n) is 2.45. The van der Waals surface area contributed by atoms with E-state index in [1.807, 2.05) is 0 Å². The van der Waals surface area contributed by atoms with Crippen molar-refractivity contribution in [1.82, 2.24) is 5.43 Å². The van der Waals surface area contributed by atoms with Gasteiger partial charge in [-0.25, -0.2) is 5.43 Å². The lowest BCUT2D eigenvalue weighted by Gasteiger charge is -2.00. The van der Waals surface area contributed by atoms with Crippen molar-refractivity contribution in [1.29, 1.82) is 0 Å². The molecule has 1 aromatic heterocycles. The number of furan rings is 1. The molecule has 0 saturated carbocycles. The van der Waals surface area contributed by atoms with Gasteiger partial charge in [0.2, 0.25) is 5.91 Å². The van der Waals surface area contributed by atoms with E-state index in [1.165, 1.54) is 18.3 Å². The Kier molecular flexibility index (Phi) is 4.68. The summed E-state index contributed by atoms with van der Waals surface area (Å²) in [7, 11) is 0. The van der Waals surface area contributed by atoms with Crippen LogP contribution in [0.25, 0.3) is 0 Å². The first kappa shape index (κ1) is 14.7. The van der Waals surface area contributed by atoms with Crippen molar-refractivity contribution in [2.24, 2.45) is 5.10 Å². The van der Waals surface area contributed by atoms with Crippen LogP contribution in [0.4, 0.5) is 5.88 Å². The van der Waals surface area contributed by atoms with Gasteiger partial charge in [0.15, 0.2) is 5.76 Å². The van der Waals surface area contributed by atoms with Gasteiger partial charge in [-0.05, 0) is 23.8 Å². The molecule has 2 rings (SSSR count).